The summed E-state index contributed by atoms with van der Waals surface area (Å²) >= 11 is 0. The maximum atomic E-state index is 12.8. The summed E-state index contributed by atoms with van der Waals surface area (Å²) in [6, 6.07) is 10.8. The van der Waals surface area contributed by atoms with Crippen LogP contribution in [0.15, 0.2) is 42.6 Å². The summed E-state index contributed by atoms with van der Waals surface area (Å²) in [6.45, 7) is 2.52. The van der Waals surface area contributed by atoms with Crippen molar-refractivity contribution in [1.29, 1.82) is 0 Å². The molecule has 0 saturated carbocycles. The molecule has 0 radical (unpaired) electrons. The van der Waals surface area contributed by atoms with Gasteiger partial charge in [-0.05, 0) is 43.2 Å². The fraction of sp³-hybridized carbons (Fsp3) is 0.417. The average molecular weight is 456 g/mol. The molecule has 9 nitrogen and oxygen atoms in total. The van der Waals surface area contributed by atoms with Crippen LogP contribution in [0.25, 0.3) is 10.9 Å². The third-order valence-corrected chi connectivity index (χ3v) is 5.56. The van der Waals surface area contributed by atoms with Crippen LogP contribution >= 0.6 is 0 Å². The molecule has 2 aromatic carbocycles. The Morgan fingerprint density at radius 1 is 1.15 bits per heavy atom. The van der Waals surface area contributed by atoms with E-state index in [0.29, 0.717) is 30.3 Å². The van der Waals surface area contributed by atoms with Crippen LogP contribution in [0.2, 0.25) is 0 Å². The van der Waals surface area contributed by atoms with Crippen LogP contribution in [0.5, 0.6) is 17.2 Å². The lowest BCUT2D eigenvalue weighted by atomic mass is 10.1. The standard InChI is InChI=1S/C24H29N3O6/c1-26-22-15-23(21(14-17(22)16-25-26)24(28)27(2)29-3)33-20-6-4-18(5-7-20)31-12-13-32-19-8-10-30-11-9-19/h4-7,14-16,19H,8-13H2,1-3H3. The van der Waals surface area contributed by atoms with Gasteiger partial charge in [-0.2, -0.15) is 5.10 Å². The first-order chi connectivity index (χ1) is 16.0. The van der Waals surface area contributed by atoms with E-state index in [1.165, 1.54) is 7.11 Å². The van der Waals surface area contributed by atoms with Crippen LogP contribution in [0.4, 0.5) is 0 Å². The number of amides is 1. The number of carbonyl (C=O) groups excluding carboxylic acids is 1. The van der Waals surface area contributed by atoms with Gasteiger partial charge in [0, 0.05) is 38.8 Å². The summed E-state index contributed by atoms with van der Waals surface area (Å²) in [7, 11) is 4.83. The Hall–Kier alpha value is -3.14. The molecule has 0 aliphatic carbocycles. The summed E-state index contributed by atoms with van der Waals surface area (Å²) in [5, 5.41) is 6.25. The molecular formula is C24H29N3O6. The number of nitrogens with zero attached hydrogens (tertiary/aromatic N) is 3. The highest BCUT2D eigenvalue weighted by atomic mass is 16.7. The van der Waals surface area contributed by atoms with Crippen molar-refractivity contribution in [3.63, 3.8) is 0 Å². The molecule has 1 saturated heterocycles. The predicted octanol–water partition coefficient (Wildman–Crippen LogP) is 3.57. The molecule has 3 aromatic rings. The zero-order valence-corrected chi connectivity index (χ0v) is 19.2. The summed E-state index contributed by atoms with van der Waals surface area (Å²) in [6.07, 6.45) is 3.83. The number of rotatable bonds is 9. The number of fused-ring (bicyclic) bond motifs is 1. The van der Waals surface area contributed by atoms with E-state index in [0.717, 1.165) is 47.8 Å². The topological polar surface area (TPSA) is 84.3 Å². The SMILES string of the molecule is CON(C)C(=O)c1cc2cnn(C)c2cc1Oc1ccc(OCCOC2CCOCC2)cc1. The van der Waals surface area contributed by atoms with Gasteiger partial charge in [-0.1, -0.05) is 0 Å². The molecule has 1 amide bonds. The first kappa shape index (κ1) is 23.0. The third kappa shape index (κ3) is 5.62. The normalized spacial score (nSPS) is 14.4. The van der Waals surface area contributed by atoms with Crippen molar-refractivity contribution in [3.8, 4) is 17.2 Å². The van der Waals surface area contributed by atoms with Gasteiger partial charge in [-0.3, -0.25) is 14.3 Å². The minimum Gasteiger partial charge on any atom is -0.491 e. The molecule has 9 heteroatoms. The van der Waals surface area contributed by atoms with E-state index < -0.39 is 0 Å². The number of ether oxygens (including phenoxy) is 4. The molecule has 0 unspecified atom stereocenters. The monoisotopic (exact) mass is 455 g/mol. The number of benzene rings is 2. The third-order valence-electron chi connectivity index (χ3n) is 5.56. The van der Waals surface area contributed by atoms with Crippen molar-refractivity contribution in [2.45, 2.75) is 18.9 Å². The van der Waals surface area contributed by atoms with Crippen molar-refractivity contribution in [1.82, 2.24) is 14.8 Å². The van der Waals surface area contributed by atoms with Crippen LogP contribution in [0.1, 0.15) is 23.2 Å². The van der Waals surface area contributed by atoms with E-state index in [-0.39, 0.29) is 12.0 Å². The van der Waals surface area contributed by atoms with Gasteiger partial charge in [0.05, 0.1) is 37.1 Å². The number of aromatic nitrogens is 2. The zero-order valence-electron chi connectivity index (χ0n) is 19.2. The van der Waals surface area contributed by atoms with Crippen LogP contribution in [-0.2, 0) is 21.4 Å². The predicted molar refractivity (Wildman–Crippen MR) is 122 cm³/mol. The van der Waals surface area contributed by atoms with Gasteiger partial charge >= 0.3 is 0 Å². The number of carbonyl (C=O) groups is 1. The second-order valence-electron chi connectivity index (χ2n) is 7.77. The van der Waals surface area contributed by atoms with Crippen molar-refractivity contribution in [3.05, 3.63) is 48.2 Å². The largest absolute Gasteiger partial charge is 0.491 e. The molecule has 1 aliphatic rings. The summed E-state index contributed by atoms with van der Waals surface area (Å²) in [5.41, 5.74) is 1.23. The highest BCUT2D eigenvalue weighted by molar-refractivity contribution is 6.00. The fourth-order valence-corrected chi connectivity index (χ4v) is 3.63. The van der Waals surface area contributed by atoms with E-state index in [4.69, 9.17) is 23.8 Å². The van der Waals surface area contributed by atoms with Crippen LogP contribution < -0.4 is 9.47 Å². The second-order valence-corrected chi connectivity index (χ2v) is 7.77. The lowest BCUT2D eigenvalue weighted by Gasteiger charge is -2.22. The van der Waals surface area contributed by atoms with Gasteiger partial charge in [-0.25, -0.2) is 5.06 Å². The molecular weight excluding hydrogens is 426 g/mol. The molecule has 2 heterocycles. The van der Waals surface area contributed by atoms with Gasteiger partial charge < -0.3 is 18.9 Å². The van der Waals surface area contributed by atoms with Crippen LogP contribution in [0.3, 0.4) is 0 Å². The Balaban J connectivity index is 1.41. The van der Waals surface area contributed by atoms with E-state index >= 15 is 0 Å². The van der Waals surface area contributed by atoms with Crippen LogP contribution in [-0.4, -0.2) is 67.4 Å². The number of hydroxylamine groups is 2. The van der Waals surface area contributed by atoms with Gasteiger partial charge in [0.1, 0.15) is 23.9 Å². The zero-order chi connectivity index (χ0) is 23.2. The fourth-order valence-electron chi connectivity index (χ4n) is 3.63. The van der Waals surface area contributed by atoms with Crippen molar-refractivity contribution in [2.24, 2.45) is 7.05 Å². The van der Waals surface area contributed by atoms with E-state index in [9.17, 15) is 4.79 Å². The quantitative estimate of drug-likeness (QED) is 0.360. The maximum Gasteiger partial charge on any atom is 0.280 e. The minimum atomic E-state index is -0.317. The van der Waals surface area contributed by atoms with Crippen molar-refractivity contribution in [2.75, 3.05) is 40.6 Å². The van der Waals surface area contributed by atoms with Gasteiger partial charge in [0.2, 0.25) is 0 Å². The highest BCUT2D eigenvalue weighted by Gasteiger charge is 2.20. The Kier molecular flexibility index (Phi) is 7.43. The van der Waals surface area contributed by atoms with Crippen molar-refractivity contribution < 1.29 is 28.6 Å². The Morgan fingerprint density at radius 3 is 2.61 bits per heavy atom. The summed E-state index contributed by atoms with van der Waals surface area (Å²) in [4.78, 5) is 17.9. The molecule has 0 spiro atoms. The average Bonchev–Trinajstić information content (AvgIpc) is 3.21. The van der Waals surface area contributed by atoms with Crippen molar-refractivity contribution >= 4 is 16.8 Å². The van der Waals surface area contributed by atoms with Gasteiger partial charge in [-0.15, -0.1) is 0 Å². The molecule has 1 aliphatic heterocycles. The van der Waals surface area contributed by atoms with Gasteiger partial charge in [0.15, 0.2) is 0 Å². The Labute approximate surface area is 192 Å². The molecule has 1 fully saturated rings. The lowest BCUT2D eigenvalue weighted by molar-refractivity contribution is -0.0758. The molecule has 33 heavy (non-hydrogen) atoms. The molecule has 176 valence electrons. The number of hydrogen-bond acceptors (Lipinski definition) is 7. The Morgan fingerprint density at radius 2 is 1.88 bits per heavy atom. The van der Waals surface area contributed by atoms with Crippen LogP contribution in [0, 0.1) is 0 Å². The molecule has 1 aromatic heterocycles. The molecule has 4 rings (SSSR count). The first-order valence-corrected chi connectivity index (χ1v) is 10.9. The highest BCUT2D eigenvalue weighted by Crippen LogP contribution is 2.31. The first-order valence-electron chi connectivity index (χ1n) is 10.9. The summed E-state index contributed by atoms with van der Waals surface area (Å²) in [5.74, 6) is 1.40. The van der Waals surface area contributed by atoms with Gasteiger partial charge in [0.25, 0.3) is 5.91 Å². The summed E-state index contributed by atoms with van der Waals surface area (Å²) < 4.78 is 24.7. The Bertz CT molecular complexity index is 1080. The smallest absolute Gasteiger partial charge is 0.280 e. The molecule has 0 bridgehead atoms. The number of hydrogen-bond donors (Lipinski definition) is 0. The molecule has 0 N–H and O–H groups in total. The second kappa shape index (κ2) is 10.7. The minimum absolute atomic E-state index is 0.254. The molecule has 0 atom stereocenters. The number of aryl methyl sites for hydroxylation is 1. The van der Waals surface area contributed by atoms with E-state index in [1.807, 2.05) is 19.2 Å². The van der Waals surface area contributed by atoms with E-state index in [1.54, 1.807) is 42.2 Å². The maximum absolute atomic E-state index is 12.8. The lowest BCUT2D eigenvalue weighted by Crippen LogP contribution is -2.25. The van der Waals surface area contributed by atoms with E-state index in [2.05, 4.69) is 5.10 Å².